The molecule has 0 bridgehead atoms. The van der Waals surface area contributed by atoms with Crippen LogP contribution in [0.4, 0.5) is 5.82 Å². The molecule has 0 aliphatic heterocycles. The lowest BCUT2D eigenvalue weighted by molar-refractivity contribution is 0.102. The third kappa shape index (κ3) is 2.85. The number of anilines is 1. The fourth-order valence-electron chi connectivity index (χ4n) is 2.27. The quantitative estimate of drug-likeness (QED) is 0.563. The maximum atomic E-state index is 12.4. The van der Waals surface area contributed by atoms with Gasteiger partial charge < -0.3 is 9.73 Å². The molecule has 0 aliphatic rings. The van der Waals surface area contributed by atoms with Gasteiger partial charge >= 0.3 is 5.63 Å². The van der Waals surface area contributed by atoms with Crippen LogP contribution < -0.4 is 10.9 Å². The first kappa shape index (κ1) is 14.7. The Morgan fingerprint density at radius 1 is 1.12 bits per heavy atom. The van der Waals surface area contributed by atoms with Crippen molar-refractivity contribution in [1.82, 2.24) is 24.7 Å². The van der Waals surface area contributed by atoms with E-state index >= 15 is 0 Å². The number of carbonyl (C=O) groups excluding carboxylic acids is 1. The largest absolute Gasteiger partial charge is 0.422 e. The van der Waals surface area contributed by atoms with Crippen LogP contribution in [0.5, 0.6) is 0 Å². The first-order valence-corrected chi connectivity index (χ1v) is 7.22. The van der Waals surface area contributed by atoms with Crippen molar-refractivity contribution in [3.8, 4) is 5.82 Å². The Balaban J connectivity index is 1.65. The minimum absolute atomic E-state index is 0.111. The molecule has 0 aliphatic carbocycles. The molecule has 0 unspecified atom stereocenters. The van der Waals surface area contributed by atoms with Crippen LogP contribution >= 0.6 is 0 Å². The summed E-state index contributed by atoms with van der Waals surface area (Å²) in [6, 6.07) is 9.94. The Morgan fingerprint density at radius 2 is 2.00 bits per heavy atom. The van der Waals surface area contributed by atoms with Crippen LogP contribution in [0.25, 0.3) is 16.8 Å². The highest BCUT2D eigenvalue weighted by Gasteiger charge is 2.15. The molecule has 1 amide bonds. The molecule has 0 saturated heterocycles. The topological polar surface area (TPSA) is 116 Å². The zero-order valence-electron chi connectivity index (χ0n) is 12.7. The van der Waals surface area contributed by atoms with E-state index in [2.05, 4.69) is 25.4 Å². The molecule has 0 saturated carbocycles. The van der Waals surface area contributed by atoms with E-state index in [0.717, 1.165) is 0 Å². The number of amides is 1. The second-order valence-electron chi connectivity index (χ2n) is 5.04. The van der Waals surface area contributed by atoms with Gasteiger partial charge in [-0.05, 0) is 12.1 Å². The van der Waals surface area contributed by atoms with Gasteiger partial charge in [0.15, 0.2) is 5.82 Å². The van der Waals surface area contributed by atoms with Gasteiger partial charge in [-0.2, -0.15) is 5.10 Å². The van der Waals surface area contributed by atoms with Gasteiger partial charge in [-0.25, -0.2) is 24.4 Å². The zero-order valence-corrected chi connectivity index (χ0v) is 12.7. The number of nitrogens with zero attached hydrogens (tertiary/aromatic N) is 5. The van der Waals surface area contributed by atoms with Crippen LogP contribution in [0, 0.1) is 0 Å². The highest BCUT2D eigenvalue weighted by Crippen LogP contribution is 2.14. The third-order valence-electron chi connectivity index (χ3n) is 3.43. The maximum Gasteiger partial charge on any atom is 0.349 e. The number of nitrogens with one attached hydrogen (secondary N) is 1. The standard InChI is InChI=1S/C16H10N6O3/c23-15(11-5-10-3-1-2-4-12(10)25-16(11)24)21-13-6-14(19-8-18-13)22-9-17-7-20-22/h1-9H,(H,18,19,21,23). The summed E-state index contributed by atoms with van der Waals surface area (Å²) in [6.07, 6.45) is 4.10. The highest BCUT2D eigenvalue weighted by molar-refractivity contribution is 6.05. The fourth-order valence-corrected chi connectivity index (χ4v) is 2.27. The Bertz CT molecular complexity index is 1120. The average molecular weight is 334 g/mol. The van der Waals surface area contributed by atoms with Crippen LogP contribution in [-0.2, 0) is 0 Å². The zero-order chi connectivity index (χ0) is 17.2. The second-order valence-corrected chi connectivity index (χ2v) is 5.04. The van der Waals surface area contributed by atoms with Crippen molar-refractivity contribution in [2.75, 3.05) is 5.32 Å². The number of carbonyl (C=O) groups is 1. The fraction of sp³-hybridized carbons (Fsp3) is 0. The predicted octanol–water partition coefficient (Wildman–Crippen LogP) is 1.42. The van der Waals surface area contributed by atoms with E-state index in [9.17, 15) is 9.59 Å². The third-order valence-corrected chi connectivity index (χ3v) is 3.43. The molecule has 1 aromatic carbocycles. The molecule has 9 heteroatoms. The van der Waals surface area contributed by atoms with Crippen LogP contribution in [0.1, 0.15) is 10.4 Å². The van der Waals surface area contributed by atoms with Crippen LogP contribution in [-0.4, -0.2) is 30.6 Å². The van der Waals surface area contributed by atoms with Crippen molar-refractivity contribution in [3.05, 3.63) is 71.4 Å². The second kappa shape index (κ2) is 5.96. The van der Waals surface area contributed by atoms with E-state index in [4.69, 9.17) is 4.42 Å². The van der Waals surface area contributed by atoms with Crippen molar-refractivity contribution in [1.29, 1.82) is 0 Å². The Kier molecular flexibility index (Phi) is 3.51. The van der Waals surface area contributed by atoms with E-state index in [0.29, 0.717) is 16.8 Å². The lowest BCUT2D eigenvalue weighted by atomic mass is 10.2. The van der Waals surface area contributed by atoms with Gasteiger partial charge in [0.25, 0.3) is 5.91 Å². The Labute approximate surface area is 140 Å². The average Bonchev–Trinajstić information content (AvgIpc) is 3.16. The van der Waals surface area contributed by atoms with E-state index in [1.165, 1.54) is 35.8 Å². The van der Waals surface area contributed by atoms with Crippen LogP contribution in [0.2, 0.25) is 0 Å². The molecule has 25 heavy (non-hydrogen) atoms. The minimum atomic E-state index is -0.721. The van der Waals surface area contributed by atoms with Crippen molar-refractivity contribution in [3.63, 3.8) is 0 Å². The molecule has 1 N–H and O–H groups in total. The smallest absolute Gasteiger partial charge is 0.349 e. The summed E-state index contributed by atoms with van der Waals surface area (Å²) in [5, 5.41) is 7.16. The summed E-state index contributed by atoms with van der Waals surface area (Å²) < 4.78 is 6.58. The molecule has 0 fully saturated rings. The molecule has 9 nitrogen and oxygen atoms in total. The molecule has 0 spiro atoms. The summed E-state index contributed by atoms with van der Waals surface area (Å²) >= 11 is 0. The van der Waals surface area contributed by atoms with Gasteiger partial charge in [-0.1, -0.05) is 18.2 Å². The molecular weight excluding hydrogens is 324 g/mol. The number of hydrogen-bond donors (Lipinski definition) is 1. The molecule has 122 valence electrons. The lowest BCUT2D eigenvalue weighted by Gasteiger charge is -2.06. The first-order valence-electron chi connectivity index (χ1n) is 7.22. The molecule has 0 atom stereocenters. The Hall–Kier alpha value is -3.88. The maximum absolute atomic E-state index is 12.4. The van der Waals surface area contributed by atoms with Gasteiger partial charge in [-0.3, -0.25) is 4.79 Å². The molecule has 3 aromatic heterocycles. The predicted molar refractivity (Wildman–Crippen MR) is 87.4 cm³/mol. The van der Waals surface area contributed by atoms with Crippen molar-refractivity contribution in [2.45, 2.75) is 0 Å². The molecule has 4 rings (SSSR count). The van der Waals surface area contributed by atoms with E-state index < -0.39 is 11.5 Å². The number of rotatable bonds is 3. The molecule has 0 radical (unpaired) electrons. The summed E-state index contributed by atoms with van der Waals surface area (Å²) in [4.78, 5) is 36.3. The van der Waals surface area contributed by atoms with Gasteiger partial charge in [0.2, 0.25) is 0 Å². The van der Waals surface area contributed by atoms with E-state index in [-0.39, 0.29) is 11.4 Å². The summed E-state index contributed by atoms with van der Waals surface area (Å²) in [6.45, 7) is 0. The lowest BCUT2D eigenvalue weighted by Crippen LogP contribution is -2.21. The van der Waals surface area contributed by atoms with Crippen molar-refractivity contribution < 1.29 is 9.21 Å². The van der Waals surface area contributed by atoms with Crippen LogP contribution in [0.3, 0.4) is 0 Å². The van der Waals surface area contributed by atoms with Gasteiger partial charge in [0.05, 0.1) is 0 Å². The van der Waals surface area contributed by atoms with Gasteiger partial charge in [-0.15, -0.1) is 0 Å². The Morgan fingerprint density at radius 3 is 2.84 bits per heavy atom. The number of para-hydroxylation sites is 1. The van der Waals surface area contributed by atoms with Gasteiger partial charge in [0.1, 0.15) is 35.9 Å². The van der Waals surface area contributed by atoms with Crippen molar-refractivity contribution >= 4 is 22.7 Å². The number of hydrogen-bond acceptors (Lipinski definition) is 7. The molecular formula is C16H10N6O3. The molecule has 4 aromatic rings. The van der Waals surface area contributed by atoms with Gasteiger partial charge in [0, 0.05) is 11.5 Å². The monoisotopic (exact) mass is 334 g/mol. The minimum Gasteiger partial charge on any atom is -0.422 e. The van der Waals surface area contributed by atoms with E-state index in [1.54, 1.807) is 24.3 Å². The van der Waals surface area contributed by atoms with Crippen LogP contribution in [0.15, 0.2) is 64.6 Å². The number of benzene rings is 1. The summed E-state index contributed by atoms with van der Waals surface area (Å²) in [5.74, 6) is 0.0224. The summed E-state index contributed by atoms with van der Waals surface area (Å²) in [7, 11) is 0. The summed E-state index contributed by atoms with van der Waals surface area (Å²) in [5.41, 5.74) is -0.416. The van der Waals surface area contributed by atoms with Crippen molar-refractivity contribution in [2.24, 2.45) is 0 Å². The molecule has 3 heterocycles. The highest BCUT2D eigenvalue weighted by atomic mass is 16.4. The number of fused-ring (bicyclic) bond motifs is 1. The normalized spacial score (nSPS) is 10.7. The first-order chi connectivity index (χ1) is 12.2. The van der Waals surface area contributed by atoms with E-state index in [1.807, 2.05) is 0 Å². The number of aromatic nitrogens is 5. The SMILES string of the molecule is O=C(Nc1cc(-n2cncn2)ncn1)c1cc2ccccc2oc1=O.